The van der Waals surface area contributed by atoms with Crippen LogP contribution < -0.4 is 5.32 Å². The maximum Gasteiger partial charge on any atom is 0.288 e. The molecule has 0 bridgehead atoms. The molecule has 17 heavy (non-hydrogen) atoms. The van der Waals surface area contributed by atoms with Crippen molar-refractivity contribution in [1.82, 2.24) is 0 Å². The summed E-state index contributed by atoms with van der Waals surface area (Å²) in [5, 5.41) is 14.2. The maximum atomic E-state index is 10.7. The molecular formula is C11H15ClN2O2S. The van der Waals surface area contributed by atoms with Crippen LogP contribution in [-0.4, -0.2) is 23.0 Å². The highest BCUT2D eigenvalue weighted by Crippen LogP contribution is 2.30. The Morgan fingerprint density at radius 2 is 2.24 bits per heavy atom. The summed E-state index contributed by atoms with van der Waals surface area (Å²) in [5.74, 6) is 0.966. The van der Waals surface area contributed by atoms with E-state index in [4.69, 9.17) is 11.6 Å². The first-order valence-corrected chi connectivity index (χ1v) is 6.93. The minimum atomic E-state index is -0.468. The number of nitro groups is 1. The average Bonchev–Trinajstić information content (AvgIpc) is 2.22. The van der Waals surface area contributed by atoms with Gasteiger partial charge < -0.3 is 5.32 Å². The largest absolute Gasteiger partial charge is 0.381 e. The molecule has 4 nitrogen and oxygen atoms in total. The molecule has 1 atom stereocenters. The molecule has 1 aromatic rings. The molecule has 0 aromatic heterocycles. The smallest absolute Gasteiger partial charge is 0.288 e. The van der Waals surface area contributed by atoms with E-state index in [1.165, 1.54) is 6.07 Å². The number of nitrogens with one attached hydrogen (secondary N) is 1. The summed E-state index contributed by atoms with van der Waals surface area (Å²) in [4.78, 5) is 10.2. The number of rotatable bonds is 5. The van der Waals surface area contributed by atoms with E-state index < -0.39 is 4.92 Å². The summed E-state index contributed by atoms with van der Waals surface area (Å²) >= 11 is 7.61. The van der Waals surface area contributed by atoms with Gasteiger partial charge >= 0.3 is 0 Å². The van der Waals surface area contributed by atoms with Gasteiger partial charge in [-0.25, -0.2) is 0 Å². The van der Waals surface area contributed by atoms with Crippen LogP contribution in [0.2, 0.25) is 5.02 Å². The topological polar surface area (TPSA) is 55.2 Å². The Kier molecular flexibility index (Phi) is 5.08. The van der Waals surface area contributed by atoms with Gasteiger partial charge in [-0.15, -0.1) is 0 Å². The van der Waals surface area contributed by atoms with E-state index in [2.05, 4.69) is 12.2 Å². The Morgan fingerprint density at radius 1 is 1.59 bits per heavy atom. The van der Waals surface area contributed by atoms with Gasteiger partial charge in [-0.2, -0.15) is 11.8 Å². The second-order valence-corrected chi connectivity index (χ2v) is 5.19. The first-order chi connectivity index (χ1) is 7.95. The molecule has 1 rings (SSSR count). The third-order valence-electron chi connectivity index (χ3n) is 2.31. The lowest BCUT2D eigenvalue weighted by molar-refractivity contribution is -0.384. The van der Waals surface area contributed by atoms with Crippen molar-refractivity contribution in [2.24, 2.45) is 0 Å². The van der Waals surface area contributed by atoms with Crippen LogP contribution in [0.1, 0.15) is 12.5 Å². The molecule has 0 aliphatic heterocycles. The van der Waals surface area contributed by atoms with Gasteiger partial charge in [-0.3, -0.25) is 10.1 Å². The number of halogens is 1. The number of thioether (sulfide) groups is 1. The normalized spacial score (nSPS) is 12.2. The lowest BCUT2D eigenvalue weighted by Gasteiger charge is -2.16. The zero-order valence-corrected chi connectivity index (χ0v) is 11.6. The van der Waals surface area contributed by atoms with Gasteiger partial charge in [0.05, 0.1) is 4.92 Å². The average molecular weight is 275 g/mol. The zero-order valence-electron chi connectivity index (χ0n) is 9.99. The van der Waals surface area contributed by atoms with Crippen molar-refractivity contribution in [1.29, 1.82) is 0 Å². The van der Waals surface area contributed by atoms with Gasteiger partial charge in [0.15, 0.2) is 0 Å². The molecule has 0 spiro atoms. The van der Waals surface area contributed by atoms with E-state index in [0.29, 0.717) is 6.04 Å². The Hall–Kier alpha value is -0.940. The minimum Gasteiger partial charge on any atom is -0.381 e. The minimum absolute atomic E-state index is 0.0489. The van der Waals surface area contributed by atoms with Crippen LogP contribution in [0.5, 0.6) is 0 Å². The monoisotopic (exact) mass is 274 g/mol. The van der Waals surface area contributed by atoms with Crippen molar-refractivity contribution >= 4 is 34.7 Å². The molecule has 0 heterocycles. The van der Waals surface area contributed by atoms with E-state index >= 15 is 0 Å². The van der Waals surface area contributed by atoms with Crippen LogP contribution in [0.4, 0.5) is 11.4 Å². The fourth-order valence-electron chi connectivity index (χ4n) is 1.52. The van der Waals surface area contributed by atoms with Crippen molar-refractivity contribution in [3.63, 3.8) is 0 Å². The number of anilines is 1. The molecule has 0 amide bonds. The molecule has 1 aromatic carbocycles. The van der Waals surface area contributed by atoms with E-state index in [0.717, 1.165) is 17.0 Å². The lowest BCUT2D eigenvalue weighted by atomic mass is 10.1. The molecular weight excluding hydrogens is 260 g/mol. The van der Waals surface area contributed by atoms with Crippen molar-refractivity contribution in [2.45, 2.75) is 19.9 Å². The Morgan fingerprint density at radius 3 is 2.76 bits per heavy atom. The van der Waals surface area contributed by atoms with Gasteiger partial charge in [0.2, 0.25) is 0 Å². The van der Waals surface area contributed by atoms with Crippen LogP contribution in [0, 0.1) is 17.0 Å². The molecule has 1 unspecified atom stereocenters. The highest BCUT2D eigenvalue weighted by Gasteiger charge is 2.15. The first-order valence-electron chi connectivity index (χ1n) is 5.15. The van der Waals surface area contributed by atoms with Crippen molar-refractivity contribution in [3.8, 4) is 0 Å². The summed E-state index contributed by atoms with van der Waals surface area (Å²) in [7, 11) is 0. The number of nitrogens with zero attached hydrogens (tertiary/aromatic N) is 1. The number of benzene rings is 1. The summed E-state index contributed by atoms with van der Waals surface area (Å²) in [5.41, 5.74) is 1.63. The molecule has 0 radical (unpaired) electrons. The van der Waals surface area contributed by atoms with Gasteiger partial charge in [0, 0.05) is 23.5 Å². The van der Waals surface area contributed by atoms with Crippen LogP contribution in [-0.2, 0) is 0 Å². The predicted octanol–water partition coefficient (Wildman–Crippen LogP) is 3.72. The van der Waals surface area contributed by atoms with Crippen molar-refractivity contribution in [3.05, 3.63) is 32.8 Å². The van der Waals surface area contributed by atoms with E-state index in [1.807, 2.05) is 13.2 Å². The summed E-state index contributed by atoms with van der Waals surface area (Å²) in [6, 6.07) is 3.41. The molecule has 0 aliphatic carbocycles. The van der Waals surface area contributed by atoms with Crippen molar-refractivity contribution in [2.75, 3.05) is 17.3 Å². The van der Waals surface area contributed by atoms with E-state index in [9.17, 15) is 10.1 Å². The number of nitro benzene ring substituents is 1. The summed E-state index contributed by atoms with van der Waals surface area (Å²) in [6.07, 6.45) is 2.04. The van der Waals surface area contributed by atoms with Crippen LogP contribution in [0.3, 0.4) is 0 Å². The van der Waals surface area contributed by atoms with Crippen LogP contribution in [0.25, 0.3) is 0 Å². The van der Waals surface area contributed by atoms with Crippen LogP contribution in [0.15, 0.2) is 12.1 Å². The van der Waals surface area contributed by atoms with Gasteiger partial charge in [0.1, 0.15) is 5.02 Å². The Bertz CT molecular complexity index is 426. The van der Waals surface area contributed by atoms with E-state index in [-0.39, 0.29) is 10.7 Å². The zero-order chi connectivity index (χ0) is 13.0. The van der Waals surface area contributed by atoms with Gasteiger partial charge in [-0.05, 0) is 31.7 Å². The third-order valence-corrected chi connectivity index (χ3v) is 3.45. The SMILES string of the molecule is CSCC(C)Nc1cc(Cl)c([N+](=O)[O-])cc1C. The molecule has 6 heteroatoms. The van der Waals surface area contributed by atoms with E-state index in [1.54, 1.807) is 17.8 Å². The molecule has 0 saturated heterocycles. The Balaban J connectivity index is 2.95. The summed E-state index contributed by atoms with van der Waals surface area (Å²) in [6.45, 7) is 3.89. The fourth-order valence-corrected chi connectivity index (χ4v) is 2.33. The van der Waals surface area contributed by atoms with Gasteiger partial charge in [0.25, 0.3) is 5.69 Å². The predicted molar refractivity (Wildman–Crippen MR) is 74.3 cm³/mol. The third kappa shape index (κ3) is 3.78. The molecule has 0 aliphatic rings. The van der Waals surface area contributed by atoms with Crippen molar-refractivity contribution < 1.29 is 4.92 Å². The molecule has 94 valence electrons. The highest BCUT2D eigenvalue weighted by atomic mass is 35.5. The quantitative estimate of drug-likeness (QED) is 0.657. The standard InChI is InChI=1S/C11H15ClN2O2S/c1-7-4-11(14(15)16)9(12)5-10(7)13-8(2)6-17-3/h4-5,8,13H,6H2,1-3H3. The fraction of sp³-hybridized carbons (Fsp3) is 0.455. The first kappa shape index (κ1) is 14.1. The number of hydrogen-bond donors (Lipinski definition) is 1. The number of hydrogen-bond acceptors (Lipinski definition) is 4. The molecule has 0 fully saturated rings. The Labute approximate surface area is 110 Å². The second kappa shape index (κ2) is 6.12. The highest BCUT2D eigenvalue weighted by molar-refractivity contribution is 7.98. The number of aryl methyl sites for hydroxylation is 1. The maximum absolute atomic E-state index is 10.7. The summed E-state index contributed by atoms with van der Waals surface area (Å²) < 4.78 is 0. The van der Waals surface area contributed by atoms with Gasteiger partial charge in [-0.1, -0.05) is 11.6 Å². The lowest BCUT2D eigenvalue weighted by Crippen LogP contribution is -2.18. The second-order valence-electron chi connectivity index (χ2n) is 3.88. The molecule has 0 saturated carbocycles. The van der Waals surface area contributed by atoms with Crippen LogP contribution >= 0.6 is 23.4 Å². The molecule has 1 N–H and O–H groups in total.